The maximum absolute atomic E-state index is 11.5. The van der Waals surface area contributed by atoms with Crippen molar-refractivity contribution in [1.82, 2.24) is 4.90 Å². The molecule has 1 aliphatic heterocycles. The fourth-order valence-electron chi connectivity index (χ4n) is 2.12. The van der Waals surface area contributed by atoms with Gasteiger partial charge in [-0.05, 0) is 46.1 Å². The van der Waals surface area contributed by atoms with Gasteiger partial charge in [0.1, 0.15) is 0 Å². The molecule has 1 saturated heterocycles. The van der Waals surface area contributed by atoms with Crippen molar-refractivity contribution in [3.8, 4) is 0 Å². The van der Waals surface area contributed by atoms with Gasteiger partial charge in [0.15, 0.2) is 0 Å². The second-order valence-electron chi connectivity index (χ2n) is 5.70. The number of carbonyl (C=O) groups is 1. The third kappa shape index (κ3) is 4.12. The average molecular weight is 227 g/mol. The molecule has 0 amide bonds. The van der Waals surface area contributed by atoms with Crippen molar-refractivity contribution in [3.63, 3.8) is 0 Å². The van der Waals surface area contributed by atoms with Gasteiger partial charge in [0.05, 0.1) is 6.61 Å². The lowest BCUT2D eigenvalue weighted by molar-refractivity contribution is -0.144. The molecule has 0 aromatic heterocycles. The molecule has 0 bridgehead atoms. The summed E-state index contributed by atoms with van der Waals surface area (Å²) < 4.78 is 5.12. The third-order valence-corrected chi connectivity index (χ3v) is 3.16. The van der Waals surface area contributed by atoms with Crippen molar-refractivity contribution >= 4 is 5.97 Å². The van der Waals surface area contributed by atoms with Crippen LogP contribution in [0.1, 0.15) is 47.0 Å². The minimum Gasteiger partial charge on any atom is -0.466 e. The molecule has 1 aliphatic rings. The van der Waals surface area contributed by atoms with Gasteiger partial charge in [-0.2, -0.15) is 0 Å². The van der Waals surface area contributed by atoms with E-state index in [0.717, 1.165) is 25.9 Å². The smallest absolute Gasteiger partial charge is 0.306 e. The molecule has 1 heterocycles. The summed E-state index contributed by atoms with van der Waals surface area (Å²) in [6.07, 6.45) is 2.62. The van der Waals surface area contributed by atoms with Crippen LogP contribution in [0, 0.1) is 5.92 Å². The van der Waals surface area contributed by atoms with E-state index in [1.54, 1.807) is 0 Å². The Labute approximate surface area is 99.1 Å². The van der Waals surface area contributed by atoms with E-state index in [1.807, 2.05) is 6.92 Å². The number of nitrogens with zero attached hydrogens (tertiary/aromatic N) is 1. The van der Waals surface area contributed by atoms with Gasteiger partial charge in [-0.25, -0.2) is 0 Å². The topological polar surface area (TPSA) is 29.5 Å². The van der Waals surface area contributed by atoms with Gasteiger partial charge < -0.3 is 4.74 Å². The zero-order valence-electron chi connectivity index (χ0n) is 11.1. The Morgan fingerprint density at radius 2 is 2.12 bits per heavy atom. The largest absolute Gasteiger partial charge is 0.466 e. The van der Waals surface area contributed by atoms with E-state index >= 15 is 0 Å². The summed E-state index contributed by atoms with van der Waals surface area (Å²) >= 11 is 0. The van der Waals surface area contributed by atoms with Crippen LogP contribution in [-0.4, -0.2) is 36.1 Å². The molecular formula is C13H25NO2. The highest BCUT2D eigenvalue weighted by atomic mass is 16.5. The predicted molar refractivity (Wildman–Crippen MR) is 65.3 cm³/mol. The first-order valence-corrected chi connectivity index (χ1v) is 6.34. The van der Waals surface area contributed by atoms with Crippen LogP contribution in [0.2, 0.25) is 0 Å². The summed E-state index contributed by atoms with van der Waals surface area (Å²) in [5.41, 5.74) is 0.224. The molecule has 0 aromatic carbocycles. The minimum atomic E-state index is -0.0254. The van der Waals surface area contributed by atoms with Crippen LogP contribution in [0.5, 0.6) is 0 Å². The van der Waals surface area contributed by atoms with Crippen molar-refractivity contribution in [2.45, 2.75) is 52.5 Å². The number of likely N-dealkylation sites (tertiary alicyclic amines) is 1. The van der Waals surface area contributed by atoms with Crippen molar-refractivity contribution in [3.05, 3.63) is 0 Å². The van der Waals surface area contributed by atoms with Gasteiger partial charge >= 0.3 is 5.97 Å². The molecular weight excluding hydrogens is 202 g/mol. The number of rotatable bonds is 4. The SMILES string of the molecule is CCCOC(=O)C[C@H]1CCN(C(C)(C)C)C1. The van der Waals surface area contributed by atoms with Crippen LogP contribution >= 0.6 is 0 Å². The normalized spacial score (nSPS) is 22.4. The van der Waals surface area contributed by atoms with Gasteiger partial charge in [0.2, 0.25) is 0 Å². The Bertz CT molecular complexity index is 233. The molecule has 0 aromatic rings. The van der Waals surface area contributed by atoms with Crippen molar-refractivity contribution in [1.29, 1.82) is 0 Å². The molecule has 0 radical (unpaired) electrons. The van der Waals surface area contributed by atoms with Gasteiger partial charge in [0, 0.05) is 18.5 Å². The lowest BCUT2D eigenvalue weighted by Gasteiger charge is -2.31. The van der Waals surface area contributed by atoms with E-state index in [1.165, 1.54) is 0 Å². The minimum absolute atomic E-state index is 0.0254. The van der Waals surface area contributed by atoms with Crippen molar-refractivity contribution in [2.75, 3.05) is 19.7 Å². The monoisotopic (exact) mass is 227 g/mol. The highest BCUT2D eigenvalue weighted by molar-refractivity contribution is 5.69. The molecule has 0 saturated carbocycles. The standard InChI is InChI=1S/C13H25NO2/c1-5-8-16-12(15)9-11-6-7-14(10-11)13(2,3)4/h11H,5-10H2,1-4H3/t11-/m1/s1. The number of esters is 1. The molecule has 94 valence electrons. The highest BCUT2D eigenvalue weighted by Gasteiger charge is 2.31. The molecule has 1 rings (SSSR count). The van der Waals surface area contributed by atoms with E-state index in [4.69, 9.17) is 4.74 Å². The van der Waals surface area contributed by atoms with E-state index in [9.17, 15) is 4.79 Å². The molecule has 0 spiro atoms. The van der Waals surface area contributed by atoms with Gasteiger partial charge in [0.25, 0.3) is 0 Å². The first-order chi connectivity index (χ1) is 7.43. The van der Waals surface area contributed by atoms with E-state index in [2.05, 4.69) is 25.7 Å². The zero-order chi connectivity index (χ0) is 12.2. The molecule has 1 atom stereocenters. The summed E-state index contributed by atoms with van der Waals surface area (Å²) in [4.78, 5) is 13.9. The highest BCUT2D eigenvalue weighted by Crippen LogP contribution is 2.26. The van der Waals surface area contributed by atoms with Crippen LogP contribution in [-0.2, 0) is 9.53 Å². The first kappa shape index (κ1) is 13.5. The average Bonchev–Trinajstić information content (AvgIpc) is 2.62. The second-order valence-corrected chi connectivity index (χ2v) is 5.70. The Kier molecular flexibility index (Phi) is 4.78. The molecule has 3 nitrogen and oxygen atoms in total. The summed E-state index contributed by atoms with van der Waals surface area (Å²) in [6.45, 7) is 11.4. The number of ether oxygens (including phenoxy) is 1. The molecule has 0 N–H and O–H groups in total. The molecule has 1 fully saturated rings. The fourth-order valence-corrected chi connectivity index (χ4v) is 2.12. The van der Waals surface area contributed by atoms with Gasteiger partial charge in [-0.3, -0.25) is 9.69 Å². The van der Waals surface area contributed by atoms with Crippen molar-refractivity contribution in [2.24, 2.45) is 5.92 Å². The van der Waals surface area contributed by atoms with Crippen LogP contribution in [0.4, 0.5) is 0 Å². The number of hydrogen-bond donors (Lipinski definition) is 0. The predicted octanol–water partition coefficient (Wildman–Crippen LogP) is 2.45. The van der Waals surface area contributed by atoms with Crippen LogP contribution < -0.4 is 0 Å². The van der Waals surface area contributed by atoms with Crippen LogP contribution in [0.15, 0.2) is 0 Å². The maximum atomic E-state index is 11.5. The Morgan fingerprint density at radius 3 is 2.62 bits per heavy atom. The molecule has 0 aliphatic carbocycles. The first-order valence-electron chi connectivity index (χ1n) is 6.34. The lowest BCUT2D eigenvalue weighted by atomic mass is 10.0. The lowest BCUT2D eigenvalue weighted by Crippen LogP contribution is -2.39. The van der Waals surface area contributed by atoms with E-state index in [-0.39, 0.29) is 11.5 Å². The number of carbonyl (C=O) groups excluding carboxylic acids is 1. The van der Waals surface area contributed by atoms with Gasteiger partial charge in [-0.1, -0.05) is 6.92 Å². The maximum Gasteiger partial charge on any atom is 0.306 e. The third-order valence-electron chi connectivity index (χ3n) is 3.16. The van der Waals surface area contributed by atoms with Crippen molar-refractivity contribution < 1.29 is 9.53 Å². The Hall–Kier alpha value is -0.570. The quantitative estimate of drug-likeness (QED) is 0.691. The summed E-state index contributed by atoms with van der Waals surface area (Å²) in [7, 11) is 0. The fraction of sp³-hybridized carbons (Fsp3) is 0.923. The van der Waals surface area contributed by atoms with E-state index < -0.39 is 0 Å². The Morgan fingerprint density at radius 1 is 1.44 bits per heavy atom. The van der Waals surface area contributed by atoms with Gasteiger partial charge in [-0.15, -0.1) is 0 Å². The molecule has 0 unspecified atom stereocenters. The second kappa shape index (κ2) is 5.67. The molecule has 3 heteroatoms. The number of hydrogen-bond acceptors (Lipinski definition) is 3. The van der Waals surface area contributed by atoms with E-state index in [0.29, 0.717) is 18.9 Å². The Balaban J connectivity index is 2.29. The van der Waals surface area contributed by atoms with Crippen LogP contribution in [0.25, 0.3) is 0 Å². The summed E-state index contributed by atoms with van der Waals surface area (Å²) in [5, 5.41) is 0. The molecule has 16 heavy (non-hydrogen) atoms. The zero-order valence-corrected chi connectivity index (χ0v) is 11.1. The summed E-state index contributed by atoms with van der Waals surface area (Å²) in [6, 6.07) is 0. The van der Waals surface area contributed by atoms with Crippen LogP contribution in [0.3, 0.4) is 0 Å². The summed E-state index contributed by atoms with van der Waals surface area (Å²) in [5.74, 6) is 0.464.